The standard InChI is InChI=1S/C10H17NO4/c1-6(4-5-7(2)12)9(13)8(11-3)10(14)15/h4-6,8-9,11,13H,1-3H3,(H,14,15)/b5-4+/t6-,8+,9-/m1/s1. The van der Waals surface area contributed by atoms with Gasteiger partial charge in [0.1, 0.15) is 6.04 Å². The largest absolute Gasteiger partial charge is 0.480 e. The Labute approximate surface area is 88.8 Å². The Morgan fingerprint density at radius 3 is 2.27 bits per heavy atom. The predicted molar refractivity (Wildman–Crippen MR) is 55.5 cm³/mol. The third-order valence-electron chi connectivity index (χ3n) is 2.09. The highest BCUT2D eigenvalue weighted by Gasteiger charge is 2.27. The van der Waals surface area contributed by atoms with Crippen molar-refractivity contribution in [3.63, 3.8) is 0 Å². The molecule has 0 spiro atoms. The lowest BCUT2D eigenvalue weighted by Gasteiger charge is -2.22. The molecule has 0 amide bonds. The monoisotopic (exact) mass is 215 g/mol. The van der Waals surface area contributed by atoms with Gasteiger partial charge in [0.15, 0.2) is 5.78 Å². The number of aliphatic hydroxyl groups excluding tert-OH is 1. The molecule has 0 aromatic heterocycles. The minimum atomic E-state index is -1.12. The number of hydrogen-bond acceptors (Lipinski definition) is 4. The summed E-state index contributed by atoms with van der Waals surface area (Å²) in [5, 5.41) is 20.9. The van der Waals surface area contributed by atoms with E-state index in [2.05, 4.69) is 5.32 Å². The van der Waals surface area contributed by atoms with Gasteiger partial charge in [0, 0.05) is 5.92 Å². The van der Waals surface area contributed by atoms with E-state index in [1.165, 1.54) is 26.1 Å². The summed E-state index contributed by atoms with van der Waals surface area (Å²) in [5.74, 6) is -1.65. The summed E-state index contributed by atoms with van der Waals surface area (Å²) in [6.45, 7) is 3.04. The summed E-state index contributed by atoms with van der Waals surface area (Å²) in [5.41, 5.74) is 0. The number of nitrogens with one attached hydrogen (secondary N) is 1. The second-order valence-corrected chi connectivity index (χ2v) is 3.42. The summed E-state index contributed by atoms with van der Waals surface area (Å²) in [6, 6.07) is -1.03. The number of hydrogen-bond donors (Lipinski definition) is 3. The number of carboxylic acid groups (broad SMARTS) is 1. The smallest absolute Gasteiger partial charge is 0.323 e. The zero-order valence-corrected chi connectivity index (χ0v) is 9.10. The van der Waals surface area contributed by atoms with Crippen LogP contribution in [0.5, 0.6) is 0 Å². The minimum Gasteiger partial charge on any atom is -0.480 e. The Hall–Kier alpha value is -1.20. The Kier molecular flexibility index (Phi) is 5.81. The number of carboxylic acids is 1. The molecule has 5 nitrogen and oxygen atoms in total. The van der Waals surface area contributed by atoms with Gasteiger partial charge in [-0.25, -0.2) is 0 Å². The summed E-state index contributed by atoms with van der Waals surface area (Å²) < 4.78 is 0. The van der Waals surface area contributed by atoms with Crippen molar-refractivity contribution in [1.29, 1.82) is 0 Å². The van der Waals surface area contributed by atoms with Crippen molar-refractivity contribution in [2.75, 3.05) is 7.05 Å². The van der Waals surface area contributed by atoms with Crippen LogP contribution in [0.3, 0.4) is 0 Å². The zero-order chi connectivity index (χ0) is 12.0. The number of likely N-dealkylation sites (N-methyl/N-ethyl adjacent to an activating group) is 1. The van der Waals surface area contributed by atoms with Crippen molar-refractivity contribution < 1.29 is 19.8 Å². The van der Waals surface area contributed by atoms with E-state index < -0.39 is 24.0 Å². The lowest BCUT2D eigenvalue weighted by atomic mass is 9.97. The summed E-state index contributed by atoms with van der Waals surface area (Å²) >= 11 is 0. The third kappa shape index (κ3) is 4.71. The van der Waals surface area contributed by atoms with Crippen molar-refractivity contribution in [3.8, 4) is 0 Å². The van der Waals surface area contributed by atoms with E-state index in [0.29, 0.717) is 0 Å². The third-order valence-corrected chi connectivity index (χ3v) is 2.09. The molecule has 0 aliphatic carbocycles. The van der Waals surface area contributed by atoms with Gasteiger partial charge in [-0.1, -0.05) is 13.0 Å². The van der Waals surface area contributed by atoms with E-state index in [9.17, 15) is 14.7 Å². The van der Waals surface area contributed by atoms with Crippen molar-refractivity contribution in [3.05, 3.63) is 12.2 Å². The molecule has 5 heteroatoms. The molecule has 0 aliphatic heterocycles. The predicted octanol–water partition coefficient (Wildman–Crippen LogP) is -0.199. The van der Waals surface area contributed by atoms with Gasteiger partial charge in [-0.05, 0) is 20.0 Å². The highest BCUT2D eigenvalue weighted by Crippen LogP contribution is 2.09. The summed E-state index contributed by atoms with van der Waals surface area (Å²) in [6.07, 6.45) is 1.76. The van der Waals surface area contributed by atoms with Crippen LogP contribution in [0.15, 0.2) is 12.2 Å². The molecule has 0 aromatic rings. The summed E-state index contributed by atoms with van der Waals surface area (Å²) in [4.78, 5) is 21.3. The SMILES string of the molecule is CN[C@H](C(=O)O)[C@H](O)[C@H](C)/C=C/C(C)=O. The molecule has 3 atom stereocenters. The summed E-state index contributed by atoms with van der Waals surface area (Å²) in [7, 11) is 1.46. The Morgan fingerprint density at radius 2 is 1.93 bits per heavy atom. The van der Waals surface area contributed by atoms with Crippen molar-refractivity contribution in [2.24, 2.45) is 5.92 Å². The van der Waals surface area contributed by atoms with E-state index in [4.69, 9.17) is 5.11 Å². The Bertz CT molecular complexity index is 262. The maximum Gasteiger partial charge on any atom is 0.323 e. The van der Waals surface area contributed by atoms with Gasteiger partial charge >= 0.3 is 5.97 Å². The fourth-order valence-electron chi connectivity index (χ4n) is 1.15. The van der Waals surface area contributed by atoms with Crippen LogP contribution < -0.4 is 5.32 Å². The molecule has 0 rings (SSSR count). The van der Waals surface area contributed by atoms with Crippen LogP contribution in [-0.4, -0.2) is 41.2 Å². The highest BCUT2D eigenvalue weighted by atomic mass is 16.4. The molecule has 0 bridgehead atoms. The number of aliphatic hydroxyl groups is 1. The average molecular weight is 215 g/mol. The number of ketones is 1. The van der Waals surface area contributed by atoms with E-state index in [1.54, 1.807) is 6.92 Å². The van der Waals surface area contributed by atoms with Gasteiger partial charge in [-0.2, -0.15) is 0 Å². The van der Waals surface area contributed by atoms with Crippen LogP contribution in [-0.2, 0) is 9.59 Å². The lowest BCUT2D eigenvalue weighted by Crippen LogP contribution is -2.46. The van der Waals surface area contributed by atoms with Crippen molar-refractivity contribution in [2.45, 2.75) is 26.0 Å². The van der Waals surface area contributed by atoms with Gasteiger partial charge in [0.25, 0.3) is 0 Å². The van der Waals surface area contributed by atoms with E-state index in [0.717, 1.165) is 0 Å². The van der Waals surface area contributed by atoms with Gasteiger partial charge < -0.3 is 15.5 Å². The maximum atomic E-state index is 10.7. The van der Waals surface area contributed by atoms with Crippen LogP contribution in [0, 0.1) is 5.92 Å². The molecule has 15 heavy (non-hydrogen) atoms. The maximum absolute atomic E-state index is 10.7. The molecule has 0 unspecified atom stereocenters. The van der Waals surface area contributed by atoms with Crippen LogP contribution >= 0.6 is 0 Å². The van der Waals surface area contributed by atoms with Gasteiger partial charge in [0.2, 0.25) is 0 Å². The molecule has 0 saturated heterocycles. The number of allylic oxidation sites excluding steroid dienone is 1. The molecule has 0 radical (unpaired) electrons. The fourth-order valence-corrected chi connectivity index (χ4v) is 1.15. The minimum absolute atomic E-state index is 0.134. The first-order valence-electron chi connectivity index (χ1n) is 4.67. The molecule has 0 fully saturated rings. The molecule has 0 heterocycles. The molecule has 3 N–H and O–H groups in total. The first-order chi connectivity index (χ1) is 6.90. The topological polar surface area (TPSA) is 86.6 Å². The first kappa shape index (κ1) is 13.8. The second-order valence-electron chi connectivity index (χ2n) is 3.42. The number of carbonyl (C=O) groups is 2. The molecular weight excluding hydrogens is 198 g/mol. The normalized spacial score (nSPS) is 17.3. The van der Waals surface area contributed by atoms with Crippen LogP contribution in [0.2, 0.25) is 0 Å². The second kappa shape index (κ2) is 6.31. The van der Waals surface area contributed by atoms with E-state index >= 15 is 0 Å². The zero-order valence-electron chi connectivity index (χ0n) is 9.10. The molecule has 86 valence electrons. The van der Waals surface area contributed by atoms with Crippen molar-refractivity contribution >= 4 is 11.8 Å². The number of rotatable bonds is 6. The quantitative estimate of drug-likeness (QED) is 0.534. The molecule has 0 aliphatic rings. The highest BCUT2D eigenvalue weighted by molar-refractivity contribution is 5.87. The lowest BCUT2D eigenvalue weighted by molar-refractivity contribution is -0.142. The molecule has 0 saturated carbocycles. The van der Waals surface area contributed by atoms with Crippen LogP contribution in [0.4, 0.5) is 0 Å². The van der Waals surface area contributed by atoms with Crippen LogP contribution in [0.1, 0.15) is 13.8 Å². The average Bonchev–Trinajstić information content (AvgIpc) is 2.14. The Morgan fingerprint density at radius 1 is 1.40 bits per heavy atom. The van der Waals surface area contributed by atoms with E-state index in [-0.39, 0.29) is 5.78 Å². The van der Waals surface area contributed by atoms with Crippen LogP contribution in [0.25, 0.3) is 0 Å². The first-order valence-corrected chi connectivity index (χ1v) is 4.67. The Balaban J connectivity index is 4.47. The van der Waals surface area contributed by atoms with Crippen molar-refractivity contribution in [1.82, 2.24) is 5.32 Å². The van der Waals surface area contributed by atoms with Gasteiger partial charge in [-0.15, -0.1) is 0 Å². The number of aliphatic carboxylic acids is 1. The molecular formula is C10H17NO4. The van der Waals surface area contributed by atoms with Gasteiger partial charge in [-0.3, -0.25) is 9.59 Å². The number of carbonyl (C=O) groups excluding carboxylic acids is 1. The van der Waals surface area contributed by atoms with Gasteiger partial charge in [0.05, 0.1) is 6.10 Å². The fraction of sp³-hybridized carbons (Fsp3) is 0.600. The van der Waals surface area contributed by atoms with E-state index in [1.807, 2.05) is 0 Å². The molecule has 0 aromatic carbocycles.